The lowest BCUT2D eigenvalue weighted by atomic mass is 10.1. The summed E-state index contributed by atoms with van der Waals surface area (Å²) in [5.74, 6) is 0. The average molecular weight is 388 g/mol. The molecule has 0 aliphatic carbocycles. The maximum Gasteiger partial charge on any atom is 0.0762 e. The van der Waals surface area contributed by atoms with Crippen LogP contribution in [0.25, 0.3) is 0 Å². The van der Waals surface area contributed by atoms with E-state index < -0.39 is 6.10 Å². The number of rotatable bonds is 3. The zero-order chi connectivity index (χ0) is 13.1. The van der Waals surface area contributed by atoms with Gasteiger partial charge in [-0.05, 0) is 58.7 Å². The Labute approximate surface area is 128 Å². The summed E-state index contributed by atoms with van der Waals surface area (Å²) in [6.07, 6.45) is -0.439. The second kappa shape index (κ2) is 6.24. The van der Waals surface area contributed by atoms with Gasteiger partial charge >= 0.3 is 0 Å². The number of hydrogen-bond acceptors (Lipinski definition) is 2. The predicted molar refractivity (Wildman–Crippen MR) is 83.0 cm³/mol. The zero-order valence-electron chi connectivity index (χ0n) is 9.73. The van der Waals surface area contributed by atoms with Gasteiger partial charge in [0.25, 0.3) is 0 Å². The van der Waals surface area contributed by atoms with Crippen molar-refractivity contribution in [2.24, 2.45) is 0 Å². The highest BCUT2D eigenvalue weighted by Crippen LogP contribution is 2.35. The van der Waals surface area contributed by atoms with Crippen molar-refractivity contribution in [2.45, 2.75) is 22.8 Å². The highest BCUT2D eigenvalue weighted by Gasteiger charge is 2.07. The molecule has 0 fully saturated rings. The third-order valence-corrected chi connectivity index (χ3v) is 4.94. The Bertz CT molecular complexity index is 555. The van der Waals surface area contributed by atoms with E-state index in [2.05, 4.69) is 44.0 Å². The molecule has 0 spiro atoms. The summed E-state index contributed by atoms with van der Waals surface area (Å²) in [7, 11) is 0. The molecular weight excluding hydrogens is 376 g/mol. The molecule has 0 radical (unpaired) electrons. The summed E-state index contributed by atoms with van der Waals surface area (Å²) in [6, 6.07) is 14.1. The second-order valence-corrected chi connectivity index (χ2v) is 6.81. The molecule has 0 aliphatic rings. The van der Waals surface area contributed by atoms with Crippen molar-refractivity contribution in [3.05, 3.63) is 57.0 Å². The van der Waals surface area contributed by atoms with Gasteiger partial charge in [0.2, 0.25) is 0 Å². The summed E-state index contributed by atoms with van der Waals surface area (Å²) >= 11 is 8.70. The molecule has 1 N–H and O–H groups in total. The Morgan fingerprint density at radius 1 is 1.11 bits per heavy atom. The largest absolute Gasteiger partial charge is 0.389 e. The molecule has 1 atom stereocenters. The van der Waals surface area contributed by atoms with E-state index in [0.29, 0.717) is 0 Å². The van der Waals surface area contributed by atoms with Crippen molar-refractivity contribution in [3.8, 4) is 0 Å². The van der Waals surface area contributed by atoms with Crippen LogP contribution in [0.4, 0.5) is 0 Å². The lowest BCUT2D eigenvalue weighted by Gasteiger charge is -2.09. The van der Waals surface area contributed by atoms with Crippen LogP contribution < -0.4 is 0 Å². The van der Waals surface area contributed by atoms with Gasteiger partial charge in [0.1, 0.15) is 0 Å². The van der Waals surface area contributed by atoms with Crippen LogP contribution in [0.2, 0.25) is 0 Å². The van der Waals surface area contributed by atoms with Crippen LogP contribution in [0, 0.1) is 0 Å². The molecule has 0 saturated heterocycles. The van der Waals surface area contributed by atoms with Crippen LogP contribution in [0.3, 0.4) is 0 Å². The number of hydrogen-bond donors (Lipinski definition) is 1. The van der Waals surface area contributed by atoms with Gasteiger partial charge in [-0.3, -0.25) is 0 Å². The van der Waals surface area contributed by atoms with E-state index in [1.807, 2.05) is 30.3 Å². The van der Waals surface area contributed by atoms with Gasteiger partial charge < -0.3 is 5.11 Å². The van der Waals surface area contributed by atoms with Crippen molar-refractivity contribution < 1.29 is 5.11 Å². The molecule has 94 valence electrons. The van der Waals surface area contributed by atoms with Gasteiger partial charge in [0.05, 0.1) is 6.10 Å². The first-order valence-corrected chi connectivity index (χ1v) is 7.87. The first-order chi connectivity index (χ1) is 8.56. The van der Waals surface area contributed by atoms with E-state index in [1.54, 1.807) is 18.7 Å². The summed E-state index contributed by atoms with van der Waals surface area (Å²) in [5.41, 5.74) is 0.917. The molecule has 0 aromatic heterocycles. The fraction of sp³-hybridized carbons (Fsp3) is 0.143. The monoisotopic (exact) mass is 386 g/mol. The third-order valence-electron chi connectivity index (χ3n) is 2.46. The maximum atomic E-state index is 9.53. The minimum absolute atomic E-state index is 0.439. The Balaban J connectivity index is 2.24. The normalized spacial score (nSPS) is 12.4. The van der Waals surface area contributed by atoms with Crippen molar-refractivity contribution in [2.75, 3.05) is 0 Å². The summed E-state index contributed by atoms with van der Waals surface area (Å²) in [4.78, 5) is 2.31. The molecule has 1 nitrogen and oxygen atoms in total. The van der Waals surface area contributed by atoms with E-state index in [9.17, 15) is 5.11 Å². The fourth-order valence-corrected chi connectivity index (χ4v) is 3.59. The molecule has 2 aromatic rings. The second-order valence-electron chi connectivity index (χ2n) is 3.93. The third kappa shape index (κ3) is 3.60. The topological polar surface area (TPSA) is 20.2 Å². The van der Waals surface area contributed by atoms with Crippen LogP contribution in [0.5, 0.6) is 0 Å². The van der Waals surface area contributed by atoms with Crippen LogP contribution in [0.1, 0.15) is 18.6 Å². The summed E-state index contributed by atoms with van der Waals surface area (Å²) in [5, 5.41) is 9.53. The van der Waals surface area contributed by atoms with Gasteiger partial charge in [-0.15, -0.1) is 0 Å². The first kappa shape index (κ1) is 14.1. The van der Waals surface area contributed by atoms with E-state index in [4.69, 9.17) is 0 Å². The average Bonchev–Trinajstić information content (AvgIpc) is 2.31. The molecule has 4 heteroatoms. The summed E-state index contributed by atoms with van der Waals surface area (Å²) in [6.45, 7) is 1.77. The maximum absolute atomic E-state index is 9.53. The number of benzene rings is 2. The highest BCUT2D eigenvalue weighted by molar-refractivity contribution is 9.10. The van der Waals surface area contributed by atoms with E-state index >= 15 is 0 Å². The molecule has 18 heavy (non-hydrogen) atoms. The van der Waals surface area contributed by atoms with Crippen molar-refractivity contribution >= 4 is 43.6 Å². The Kier molecular flexibility index (Phi) is 4.90. The molecule has 2 rings (SSSR count). The van der Waals surface area contributed by atoms with Gasteiger partial charge in [0, 0.05) is 18.7 Å². The summed E-state index contributed by atoms with van der Waals surface area (Å²) < 4.78 is 2.08. The van der Waals surface area contributed by atoms with E-state index in [0.717, 1.165) is 19.4 Å². The predicted octanol–water partition coefficient (Wildman–Crippen LogP) is 5.42. The lowest BCUT2D eigenvalue weighted by molar-refractivity contribution is 0.199. The van der Waals surface area contributed by atoms with Crippen LogP contribution in [0.15, 0.2) is 61.2 Å². The number of aliphatic hydroxyl groups excluding tert-OH is 1. The van der Waals surface area contributed by atoms with Crippen molar-refractivity contribution in [1.82, 2.24) is 0 Å². The Morgan fingerprint density at radius 3 is 2.50 bits per heavy atom. The minimum Gasteiger partial charge on any atom is -0.389 e. The smallest absolute Gasteiger partial charge is 0.0762 e. The molecule has 0 aliphatic heterocycles. The quantitative estimate of drug-likeness (QED) is 0.758. The van der Waals surface area contributed by atoms with Gasteiger partial charge in [0.15, 0.2) is 0 Å². The van der Waals surface area contributed by atoms with E-state index in [1.165, 1.54) is 4.90 Å². The van der Waals surface area contributed by atoms with Crippen LogP contribution in [-0.2, 0) is 0 Å². The van der Waals surface area contributed by atoms with Gasteiger partial charge in [-0.1, -0.05) is 39.8 Å². The van der Waals surface area contributed by atoms with Gasteiger partial charge in [-0.2, -0.15) is 0 Å². The van der Waals surface area contributed by atoms with E-state index in [-0.39, 0.29) is 0 Å². The Morgan fingerprint density at radius 2 is 1.89 bits per heavy atom. The standard InChI is InChI=1S/C14H12Br2OS/c1-9(17)10-5-6-14(13(16)7-10)18-12-4-2-3-11(15)8-12/h2-9,17H,1H3. The first-order valence-electron chi connectivity index (χ1n) is 5.47. The molecule has 0 saturated carbocycles. The SMILES string of the molecule is CC(O)c1ccc(Sc2cccc(Br)c2)c(Br)c1. The molecule has 1 unspecified atom stereocenters. The minimum atomic E-state index is -0.439. The van der Waals surface area contributed by atoms with Crippen molar-refractivity contribution in [3.63, 3.8) is 0 Å². The lowest BCUT2D eigenvalue weighted by Crippen LogP contribution is -1.90. The Hall–Kier alpha value is -0.290. The van der Waals surface area contributed by atoms with Crippen LogP contribution in [-0.4, -0.2) is 5.11 Å². The van der Waals surface area contributed by atoms with Crippen LogP contribution >= 0.6 is 43.6 Å². The van der Waals surface area contributed by atoms with Crippen molar-refractivity contribution in [1.29, 1.82) is 0 Å². The zero-order valence-corrected chi connectivity index (χ0v) is 13.7. The molecule has 2 aromatic carbocycles. The molecule has 0 bridgehead atoms. The fourth-order valence-electron chi connectivity index (χ4n) is 1.52. The van der Waals surface area contributed by atoms with Gasteiger partial charge in [-0.25, -0.2) is 0 Å². The highest BCUT2D eigenvalue weighted by atomic mass is 79.9. The molecule has 0 amide bonds. The molecule has 0 heterocycles. The number of aliphatic hydroxyl groups is 1. The number of halogens is 2. The molecular formula is C14H12Br2OS.